The molecule has 0 aromatic heterocycles. The van der Waals surface area contributed by atoms with Crippen molar-refractivity contribution in [3.05, 3.63) is 57.6 Å². The SMILES string of the molecule is COc1ccc(C(=O)Nc2cc(C(F)(F)F)ccc2N2CCC(C(N)=O)CC2)cc1[N+](=O)[O-]. The lowest BCUT2D eigenvalue weighted by atomic mass is 9.95. The quantitative estimate of drug-likeness (QED) is 0.495. The minimum Gasteiger partial charge on any atom is -0.490 e. The number of benzene rings is 2. The van der Waals surface area contributed by atoms with Gasteiger partial charge in [0.05, 0.1) is 29.0 Å². The Morgan fingerprint density at radius 2 is 1.85 bits per heavy atom. The zero-order valence-corrected chi connectivity index (χ0v) is 17.5. The van der Waals surface area contributed by atoms with Crippen molar-refractivity contribution in [1.29, 1.82) is 0 Å². The number of alkyl halides is 3. The van der Waals surface area contributed by atoms with Gasteiger partial charge in [-0.15, -0.1) is 0 Å². The number of piperidine rings is 1. The first kappa shape index (κ1) is 23.8. The molecule has 0 aliphatic carbocycles. The minimum absolute atomic E-state index is 0.0615. The Hall–Kier alpha value is -3.83. The number of anilines is 2. The number of rotatable bonds is 6. The van der Waals surface area contributed by atoms with Crippen molar-refractivity contribution in [3.8, 4) is 5.75 Å². The highest BCUT2D eigenvalue weighted by molar-refractivity contribution is 6.06. The van der Waals surface area contributed by atoms with Gasteiger partial charge in [-0.25, -0.2) is 0 Å². The van der Waals surface area contributed by atoms with E-state index in [9.17, 15) is 32.9 Å². The van der Waals surface area contributed by atoms with Crippen LogP contribution in [0, 0.1) is 16.0 Å². The minimum atomic E-state index is -4.64. The number of nitrogens with zero attached hydrogens (tertiary/aromatic N) is 2. The number of nitro benzene ring substituents is 1. The summed E-state index contributed by atoms with van der Waals surface area (Å²) in [6.07, 6.45) is -3.79. The number of methoxy groups -OCH3 is 1. The second kappa shape index (κ2) is 9.35. The second-order valence-electron chi connectivity index (χ2n) is 7.49. The molecule has 2 amide bonds. The number of ether oxygens (including phenoxy) is 1. The number of nitrogens with one attached hydrogen (secondary N) is 1. The smallest absolute Gasteiger partial charge is 0.416 e. The molecule has 2 aromatic rings. The highest BCUT2D eigenvalue weighted by Crippen LogP contribution is 2.37. The molecule has 1 aliphatic heterocycles. The third kappa shape index (κ3) is 5.33. The van der Waals surface area contributed by atoms with Crippen LogP contribution in [-0.2, 0) is 11.0 Å². The van der Waals surface area contributed by atoms with Crippen molar-refractivity contribution in [2.45, 2.75) is 19.0 Å². The van der Waals surface area contributed by atoms with Crippen LogP contribution in [0.25, 0.3) is 0 Å². The molecule has 0 bridgehead atoms. The summed E-state index contributed by atoms with van der Waals surface area (Å²) in [7, 11) is 1.23. The van der Waals surface area contributed by atoms with Crippen LogP contribution in [0.3, 0.4) is 0 Å². The van der Waals surface area contributed by atoms with Gasteiger partial charge < -0.3 is 20.7 Å². The maximum Gasteiger partial charge on any atom is 0.416 e. The van der Waals surface area contributed by atoms with E-state index >= 15 is 0 Å². The Morgan fingerprint density at radius 3 is 2.39 bits per heavy atom. The first-order valence-electron chi connectivity index (χ1n) is 9.90. The number of nitro groups is 1. The predicted octanol–water partition coefficient (Wildman–Crippen LogP) is 3.58. The van der Waals surface area contributed by atoms with Crippen LogP contribution in [-0.4, -0.2) is 36.9 Å². The summed E-state index contributed by atoms with van der Waals surface area (Å²) < 4.78 is 44.8. The maximum absolute atomic E-state index is 13.3. The molecule has 3 rings (SSSR count). The number of amides is 2. The Kier molecular flexibility index (Phi) is 6.75. The number of carbonyl (C=O) groups excluding carboxylic acids is 2. The molecule has 176 valence electrons. The molecule has 0 saturated carbocycles. The molecule has 1 heterocycles. The van der Waals surface area contributed by atoms with Gasteiger partial charge >= 0.3 is 11.9 Å². The topological polar surface area (TPSA) is 128 Å². The van der Waals surface area contributed by atoms with Crippen molar-refractivity contribution in [1.82, 2.24) is 0 Å². The average molecular weight is 466 g/mol. The Labute approximate surface area is 186 Å². The van der Waals surface area contributed by atoms with Crippen molar-refractivity contribution in [3.63, 3.8) is 0 Å². The lowest BCUT2D eigenvalue weighted by molar-refractivity contribution is -0.385. The Bertz CT molecular complexity index is 1080. The van der Waals surface area contributed by atoms with E-state index in [1.807, 2.05) is 0 Å². The number of halogens is 3. The van der Waals surface area contributed by atoms with E-state index in [-0.39, 0.29) is 22.9 Å². The maximum atomic E-state index is 13.3. The first-order valence-corrected chi connectivity index (χ1v) is 9.90. The number of carbonyl (C=O) groups is 2. The van der Waals surface area contributed by atoms with Crippen molar-refractivity contribution in [2.75, 3.05) is 30.4 Å². The van der Waals surface area contributed by atoms with Gasteiger partial charge in [-0.1, -0.05) is 0 Å². The van der Waals surface area contributed by atoms with Crippen molar-refractivity contribution in [2.24, 2.45) is 11.7 Å². The number of hydrogen-bond donors (Lipinski definition) is 2. The van der Waals surface area contributed by atoms with Crippen LogP contribution in [0.1, 0.15) is 28.8 Å². The fourth-order valence-corrected chi connectivity index (χ4v) is 3.66. The summed E-state index contributed by atoms with van der Waals surface area (Å²) in [4.78, 5) is 36.5. The average Bonchev–Trinajstić information content (AvgIpc) is 2.78. The normalized spacial score (nSPS) is 14.6. The molecule has 2 aromatic carbocycles. The van der Waals surface area contributed by atoms with E-state index in [1.54, 1.807) is 4.90 Å². The molecule has 1 saturated heterocycles. The Morgan fingerprint density at radius 1 is 1.18 bits per heavy atom. The third-order valence-electron chi connectivity index (χ3n) is 5.45. The molecular formula is C21H21F3N4O5. The summed E-state index contributed by atoms with van der Waals surface area (Å²) >= 11 is 0. The van der Waals surface area contributed by atoms with E-state index < -0.39 is 34.2 Å². The lowest BCUT2D eigenvalue weighted by Gasteiger charge is -2.33. The number of hydrogen-bond acceptors (Lipinski definition) is 6. The zero-order valence-electron chi connectivity index (χ0n) is 17.5. The Balaban J connectivity index is 1.93. The van der Waals surface area contributed by atoms with E-state index in [0.29, 0.717) is 31.6 Å². The van der Waals surface area contributed by atoms with Gasteiger partial charge in [0.2, 0.25) is 5.91 Å². The molecule has 0 unspecified atom stereocenters. The number of nitrogens with two attached hydrogens (primary N) is 1. The monoisotopic (exact) mass is 466 g/mol. The molecule has 0 atom stereocenters. The third-order valence-corrected chi connectivity index (χ3v) is 5.45. The van der Waals surface area contributed by atoms with Crippen LogP contribution in [0.2, 0.25) is 0 Å². The first-order chi connectivity index (χ1) is 15.5. The second-order valence-corrected chi connectivity index (χ2v) is 7.49. The van der Waals surface area contributed by atoms with Gasteiger partial charge in [-0.3, -0.25) is 19.7 Å². The fourth-order valence-electron chi connectivity index (χ4n) is 3.66. The van der Waals surface area contributed by atoms with Crippen LogP contribution < -0.4 is 20.7 Å². The predicted molar refractivity (Wildman–Crippen MR) is 113 cm³/mol. The fraction of sp³-hybridized carbons (Fsp3) is 0.333. The van der Waals surface area contributed by atoms with Gasteiger partial charge in [0.25, 0.3) is 5.91 Å². The van der Waals surface area contributed by atoms with Gasteiger partial charge in [0.15, 0.2) is 5.75 Å². The molecule has 1 aliphatic rings. The molecule has 9 nitrogen and oxygen atoms in total. The summed E-state index contributed by atoms with van der Waals surface area (Å²) in [5, 5.41) is 13.7. The van der Waals surface area contributed by atoms with Gasteiger partial charge in [0, 0.05) is 30.6 Å². The summed E-state index contributed by atoms with van der Waals surface area (Å²) in [6.45, 7) is 0.714. The van der Waals surface area contributed by atoms with Gasteiger partial charge in [-0.05, 0) is 43.2 Å². The molecule has 1 fully saturated rings. The summed E-state index contributed by atoms with van der Waals surface area (Å²) in [6, 6.07) is 6.45. The lowest BCUT2D eigenvalue weighted by Crippen LogP contribution is -2.39. The molecule has 0 spiro atoms. The molecule has 3 N–H and O–H groups in total. The molecule has 33 heavy (non-hydrogen) atoms. The summed E-state index contributed by atoms with van der Waals surface area (Å²) in [5.41, 5.74) is 4.02. The van der Waals surface area contributed by atoms with Gasteiger partial charge in [0.1, 0.15) is 0 Å². The molecule has 0 radical (unpaired) electrons. The zero-order chi connectivity index (χ0) is 24.3. The van der Waals surface area contributed by atoms with E-state index in [4.69, 9.17) is 10.5 Å². The highest BCUT2D eigenvalue weighted by atomic mass is 19.4. The highest BCUT2D eigenvalue weighted by Gasteiger charge is 2.32. The van der Waals surface area contributed by atoms with E-state index in [2.05, 4.69) is 5.32 Å². The van der Waals surface area contributed by atoms with Crippen molar-refractivity contribution >= 4 is 28.9 Å². The number of primary amides is 1. The van der Waals surface area contributed by atoms with E-state index in [1.165, 1.54) is 25.3 Å². The van der Waals surface area contributed by atoms with Crippen LogP contribution in [0.4, 0.5) is 30.2 Å². The molecule has 12 heteroatoms. The van der Waals surface area contributed by atoms with Crippen LogP contribution in [0.5, 0.6) is 5.75 Å². The van der Waals surface area contributed by atoms with Gasteiger partial charge in [-0.2, -0.15) is 13.2 Å². The standard InChI is InChI=1S/C21H21F3N4O5/c1-33-18-5-2-13(10-17(18)28(31)32)20(30)26-15-11-14(21(22,23)24)3-4-16(15)27-8-6-12(7-9-27)19(25)29/h2-5,10-12H,6-9H2,1H3,(H2,25,29)(H,26,30). The largest absolute Gasteiger partial charge is 0.490 e. The van der Waals surface area contributed by atoms with Crippen LogP contribution in [0.15, 0.2) is 36.4 Å². The molecular weight excluding hydrogens is 445 g/mol. The summed E-state index contributed by atoms with van der Waals surface area (Å²) in [5.74, 6) is -1.65. The van der Waals surface area contributed by atoms with Crippen LogP contribution >= 0.6 is 0 Å². The van der Waals surface area contributed by atoms with E-state index in [0.717, 1.165) is 18.2 Å². The van der Waals surface area contributed by atoms with Crippen molar-refractivity contribution < 1.29 is 32.4 Å².